The largest absolute Gasteiger partial charge is 0.434 e. The monoisotopic (exact) mass is 518 g/mol. The number of hydrogen-bond donors (Lipinski definition) is 2. The lowest BCUT2D eigenvalue weighted by Gasteiger charge is -2.12. The number of alkyl halides is 3. The summed E-state index contributed by atoms with van der Waals surface area (Å²) in [6, 6.07) is 10.7. The summed E-state index contributed by atoms with van der Waals surface area (Å²) in [5.74, 6) is -0.333. The molecular formula is C27H21F3N6O2. The Kier molecular flexibility index (Phi) is 6.58. The minimum Gasteiger partial charge on any atom is -0.321 e. The molecule has 1 fully saturated rings. The van der Waals surface area contributed by atoms with Crippen LogP contribution in [0.25, 0.3) is 22.3 Å². The summed E-state index contributed by atoms with van der Waals surface area (Å²) in [5, 5.41) is 5.42. The number of rotatable bonds is 6. The van der Waals surface area contributed by atoms with Crippen molar-refractivity contribution < 1.29 is 22.8 Å². The second-order valence-corrected chi connectivity index (χ2v) is 8.93. The predicted octanol–water partition coefficient (Wildman–Crippen LogP) is 5.53. The molecule has 3 aromatic heterocycles. The van der Waals surface area contributed by atoms with Crippen LogP contribution in [0.2, 0.25) is 0 Å². The normalized spacial score (nSPS) is 13.2. The van der Waals surface area contributed by atoms with Crippen LogP contribution in [-0.2, 0) is 11.0 Å². The molecule has 0 radical (unpaired) electrons. The summed E-state index contributed by atoms with van der Waals surface area (Å²) >= 11 is 0. The van der Waals surface area contributed by atoms with Gasteiger partial charge in [0.15, 0.2) is 5.69 Å². The second kappa shape index (κ2) is 10.0. The molecule has 38 heavy (non-hydrogen) atoms. The quantitative estimate of drug-likeness (QED) is 0.347. The van der Waals surface area contributed by atoms with Gasteiger partial charge in [-0.1, -0.05) is 6.07 Å². The standard InChI is InChI=1S/C27H21F3N6O2/c1-15-2-5-20(34-26(38)22-13-32-14-23(35-22)27(28,29)30)10-21(15)19-8-18(11-31-12-19)17-6-7-33-24(9-17)36-25(37)16-3-4-16/h2,5-14,16H,3-4H2,1H3,(H,34,38)(H,33,36,37). The zero-order chi connectivity index (χ0) is 26.9. The molecule has 0 spiro atoms. The van der Waals surface area contributed by atoms with Crippen LogP contribution in [0.1, 0.15) is 34.6 Å². The third-order valence-corrected chi connectivity index (χ3v) is 5.99. The average molecular weight is 518 g/mol. The number of carbonyl (C=O) groups is 2. The van der Waals surface area contributed by atoms with Gasteiger partial charge in [-0.15, -0.1) is 0 Å². The van der Waals surface area contributed by atoms with Crippen molar-refractivity contribution in [2.75, 3.05) is 10.6 Å². The van der Waals surface area contributed by atoms with E-state index in [9.17, 15) is 22.8 Å². The van der Waals surface area contributed by atoms with Gasteiger partial charge in [0.2, 0.25) is 5.91 Å². The number of aromatic nitrogens is 4. The maximum atomic E-state index is 12.9. The fourth-order valence-electron chi connectivity index (χ4n) is 3.82. The molecule has 2 amide bonds. The van der Waals surface area contributed by atoms with E-state index in [1.165, 1.54) is 0 Å². The molecule has 5 rings (SSSR count). The van der Waals surface area contributed by atoms with Crippen LogP contribution in [0.5, 0.6) is 0 Å². The number of pyridine rings is 2. The Balaban J connectivity index is 1.38. The van der Waals surface area contributed by atoms with Crippen LogP contribution >= 0.6 is 0 Å². The van der Waals surface area contributed by atoms with E-state index in [0.29, 0.717) is 17.7 Å². The van der Waals surface area contributed by atoms with Gasteiger partial charge in [0, 0.05) is 41.3 Å². The summed E-state index contributed by atoms with van der Waals surface area (Å²) in [5.41, 5.74) is 2.70. The highest BCUT2D eigenvalue weighted by Gasteiger charge is 2.33. The zero-order valence-electron chi connectivity index (χ0n) is 20.1. The molecule has 11 heteroatoms. The van der Waals surface area contributed by atoms with Gasteiger partial charge in [-0.05, 0) is 66.8 Å². The highest BCUT2D eigenvalue weighted by atomic mass is 19.4. The van der Waals surface area contributed by atoms with Crippen LogP contribution in [0.15, 0.2) is 67.4 Å². The number of amides is 2. The Bertz CT molecular complexity index is 1540. The highest BCUT2D eigenvalue weighted by Crippen LogP contribution is 2.32. The number of benzene rings is 1. The molecule has 192 valence electrons. The molecule has 0 aliphatic heterocycles. The van der Waals surface area contributed by atoms with Gasteiger partial charge in [-0.25, -0.2) is 9.97 Å². The lowest BCUT2D eigenvalue weighted by atomic mass is 9.98. The summed E-state index contributed by atoms with van der Waals surface area (Å²) < 4.78 is 38.8. The van der Waals surface area contributed by atoms with Crippen molar-refractivity contribution in [2.45, 2.75) is 25.9 Å². The third-order valence-electron chi connectivity index (χ3n) is 5.99. The minimum absolute atomic E-state index is 0.0351. The fraction of sp³-hybridized carbons (Fsp3) is 0.185. The number of halogens is 3. The molecule has 1 saturated carbocycles. The van der Waals surface area contributed by atoms with Crippen molar-refractivity contribution >= 4 is 23.3 Å². The van der Waals surface area contributed by atoms with Crippen molar-refractivity contribution in [1.82, 2.24) is 19.9 Å². The predicted molar refractivity (Wildman–Crippen MR) is 134 cm³/mol. The van der Waals surface area contributed by atoms with Gasteiger partial charge in [0.1, 0.15) is 11.5 Å². The van der Waals surface area contributed by atoms with Gasteiger partial charge in [-0.3, -0.25) is 19.6 Å². The summed E-state index contributed by atoms with van der Waals surface area (Å²) in [4.78, 5) is 40.2. The van der Waals surface area contributed by atoms with Gasteiger partial charge < -0.3 is 10.6 Å². The van der Waals surface area contributed by atoms with E-state index in [0.717, 1.165) is 46.9 Å². The molecule has 8 nitrogen and oxygen atoms in total. The molecule has 1 aliphatic carbocycles. The lowest BCUT2D eigenvalue weighted by molar-refractivity contribution is -0.141. The smallest absolute Gasteiger partial charge is 0.321 e. The van der Waals surface area contributed by atoms with Crippen LogP contribution in [0, 0.1) is 12.8 Å². The Morgan fingerprint density at radius 1 is 0.895 bits per heavy atom. The van der Waals surface area contributed by atoms with Crippen molar-refractivity contribution in [3.8, 4) is 22.3 Å². The Morgan fingerprint density at radius 2 is 1.66 bits per heavy atom. The zero-order valence-corrected chi connectivity index (χ0v) is 20.1. The average Bonchev–Trinajstić information content (AvgIpc) is 3.75. The molecule has 0 saturated heterocycles. The van der Waals surface area contributed by atoms with Crippen molar-refractivity contribution in [3.63, 3.8) is 0 Å². The van der Waals surface area contributed by atoms with Gasteiger partial charge in [0.05, 0.1) is 12.4 Å². The maximum Gasteiger partial charge on any atom is 0.434 e. The first-order valence-electron chi connectivity index (χ1n) is 11.7. The molecule has 4 aromatic rings. The summed E-state index contributed by atoms with van der Waals surface area (Å²) in [6.07, 6.45) is 3.59. The van der Waals surface area contributed by atoms with E-state index in [-0.39, 0.29) is 11.8 Å². The maximum absolute atomic E-state index is 12.9. The highest BCUT2D eigenvalue weighted by molar-refractivity contribution is 6.03. The number of nitrogens with zero attached hydrogens (tertiary/aromatic N) is 4. The molecule has 2 N–H and O–H groups in total. The van der Waals surface area contributed by atoms with Crippen LogP contribution < -0.4 is 10.6 Å². The number of anilines is 2. The summed E-state index contributed by atoms with van der Waals surface area (Å²) in [6.45, 7) is 1.89. The first-order chi connectivity index (χ1) is 18.2. The van der Waals surface area contributed by atoms with Crippen LogP contribution in [-0.4, -0.2) is 31.8 Å². The van der Waals surface area contributed by atoms with Gasteiger partial charge in [0.25, 0.3) is 5.91 Å². The number of aryl methyl sites for hydroxylation is 1. The first kappa shape index (κ1) is 25.0. The van der Waals surface area contributed by atoms with Gasteiger partial charge >= 0.3 is 6.18 Å². The Hall–Kier alpha value is -4.67. The summed E-state index contributed by atoms with van der Waals surface area (Å²) in [7, 11) is 0. The number of nitrogens with one attached hydrogen (secondary N) is 2. The van der Waals surface area contributed by atoms with Crippen molar-refractivity contribution in [2.24, 2.45) is 5.92 Å². The van der Waals surface area contributed by atoms with E-state index in [4.69, 9.17) is 0 Å². The number of carbonyl (C=O) groups excluding carboxylic acids is 2. The molecule has 1 aliphatic rings. The SMILES string of the molecule is Cc1ccc(NC(=O)c2cncc(C(F)(F)F)n2)cc1-c1cncc(-c2ccnc(NC(=O)C3CC3)c2)c1. The van der Waals surface area contributed by atoms with Gasteiger partial charge in [-0.2, -0.15) is 13.2 Å². The first-order valence-corrected chi connectivity index (χ1v) is 11.7. The van der Waals surface area contributed by atoms with E-state index in [1.807, 2.05) is 19.1 Å². The Morgan fingerprint density at radius 3 is 2.42 bits per heavy atom. The van der Waals surface area contributed by atoms with Crippen LogP contribution in [0.4, 0.5) is 24.7 Å². The third kappa shape index (κ3) is 5.66. The van der Waals surface area contributed by atoms with E-state index >= 15 is 0 Å². The van der Waals surface area contributed by atoms with E-state index in [1.54, 1.807) is 42.9 Å². The molecule has 3 heterocycles. The topological polar surface area (TPSA) is 110 Å². The molecule has 0 unspecified atom stereocenters. The second-order valence-electron chi connectivity index (χ2n) is 8.93. The van der Waals surface area contributed by atoms with Crippen LogP contribution in [0.3, 0.4) is 0 Å². The minimum atomic E-state index is -4.71. The Labute approximate surface area is 215 Å². The molecule has 0 bridgehead atoms. The molecule has 1 aromatic carbocycles. The van der Waals surface area contributed by atoms with Crippen molar-refractivity contribution in [3.05, 3.63) is 84.3 Å². The number of hydrogen-bond acceptors (Lipinski definition) is 6. The van der Waals surface area contributed by atoms with E-state index in [2.05, 4.69) is 30.6 Å². The van der Waals surface area contributed by atoms with E-state index < -0.39 is 23.5 Å². The fourth-order valence-corrected chi connectivity index (χ4v) is 3.82. The molecule has 0 atom stereocenters. The lowest BCUT2D eigenvalue weighted by Crippen LogP contribution is -2.17. The van der Waals surface area contributed by atoms with Crippen molar-refractivity contribution in [1.29, 1.82) is 0 Å². The molecular weight excluding hydrogens is 497 g/mol.